The van der Waals surface area contributed by atoms with Crippen LogP contribution in [0.15, 0.2) is 11.0 Å². The molecular weight excluding hydrogens is 257 g/mol. The molecule has 0 bridgehead atoms. The third kappa shape index (κ3) is 1.92. The van der Waals surface area contributed by atoms with Crippen LogP contribution in [-0.4, -0.2) is 44.2 Å². The van der Waals surface area contributed by atoms with Crippen molar-refractivity contribution in [3.05, 3.63) is 22.2 Å². The number of hydrogen-bond acceptors (Lipinski definition) is 6. The number of ether oxygens (including phenoxy) is 1. The van der Waals surface area contributed by atoms with Crippen LogP contribution in [0, 0.1) is 0 Å². The van der Waals surface area contributed by atoms with Crippen LogP contribution in [0.25, 0.3) is 0 Å². The molecular formula is C11H16FN3O4. The maximum atomic E-state index is 14.8. The van der Waals surface area contributed by atoms with E-state index in [1.807, 2.05) is 0 Å². The van der Waals surface area contributed by atoms with Gasteiger partial charge in [-0.3, -0.25) is 0 Å². The van der Waals surface area contributed by atoms with Gasteiger partial charge < -0.3 is 25.7 Å². The molecule has 0 amide bonds. The zero-order chi connectivity index (χ0) is 14.4. The standard InChI is InChI=1S/C11H16FN3O4/c1-10(12)7(19-6(4-16)11(10,2)18)5-3-14-9(17)15-8(5)13/h3,6-7,16,18H,4H2,1-2H3,(H3,13,14,15,17)/t6-,7+,10-,11+/m0/s1. The highest BCUT2D eigenvalue weighted by Crippen LogP contribution is 2.50. The molecule has 1 aliphatic rings. The Morgan fingerprint density at radius 3 is 2.74 bits per heavy atom. The van der Waals surface area contributed by atoms with E-state index in [0.29, 0.717) is 0 Å². The summed E-state index contributed by atoms with van der Waals surface area (Å²) < 4.78 is 20.1. The largest absolute Gasteiger partial charge is 0.394 e. The second kappa shape index (κ2) is 4.26. The number of H-pyrrole nitrogens is 1. The van der Waals surface area contributed by atoms with Gasteiger partial charge in [0.2, 0.25) is 0 Å². The molecule has 1 aliphatic heterocycles. The highest BCUT2D eigenvalue weighted by Gasteiger charge is 2.62. The molecule has 1 aromatic heterocycles. The lowest BCUT2D eigenvalue weighted by Gasteiger charge is -2.32. The van der Waals surface area contributed by atoms with E-state index in [1.165, 1.54) is 13.1 Å². The lowest BCUT2D eigenvalue weighted by atomic mass is 9.81. The summed E-state index contributed by atoms with van der Waals surface area (Å²) in [4.78, 5) is 16.7. The van der Waals surface area contributed by atoms with E-state index in [0.717, 1.165) is 6.92 Å². The van der Waals surface area contributed by atoms with Crippen molar-refractivity contribution < 1.29 is 19.3 Å². The number of rotatable bonds is 2. The van der Waals surface area contributed by atoms with Crippen molar-refractivity contribution in [3.63, 3.8) is 0 Å². The summed E-state index contributed by atoms with van der Waals surface area (Å²) in [6.45, 7) is 1.85. The minimum atomic E-state index is -2.20. The van der Waals surface area contributed by atoms with Crippen molar-refractivity contribution in [3.8, 4) is 0 Å². The Hall–Kier alpha value is -1.51. The molecule has 5 N–H and O–H groups in total. The normalized spacial score (nSPS) is 38.6. The molecule has 4 atom stereocenters. The monoisotopic (exact) mass is 273 g/mol. The molecule has 19 heavy (non-hydrogen) atoms. The van der Waals surface area contributed by atoms with Crippen LogP contribution in [0.5, 0.6) is 0 Å². The number of nitrogens with zero attached hydrogens (tertiary/aromatic N) is 1. The van der Waals surface area contributed by atoms with E-state index in [4.69, 9.17) is 15.6 Å². The van der Waals surface area contributed by atoms with Crippen molar-refractivity contribution in [2.24, 2.45) is 0 Å². The van der Waals surface area contributed by atoms with Gasteiger partial charge in [-0.05, 0) is 13.8 Å². The zero-order valence-electron chi connectivity index (χ0n) is 10.6. The Labute approximate surface area is 108 Å². The number of nitrogens with two attached hydrogens (primary N) is 1. The predicted octanol–water partition coefficient (Wildman–Crippen LogP) is -0.736. The number of nitrogen functional groups attached to an aromatic ring is 1. The molecule has 1 fully saturated rings. The predicted molar refractivity (Wildman–Crippen MR) is 64.1 cm³/mol. The lowest BCUT2D eigenvalue weighted by molar-refractivity contribution is -0.0889. The number of halogens is 1. The molecule has 7 nitrogen and oxygen atoms in total. The van der Waals surface area contributed by atoms with Crippen molar-refractivity contribution in [2.75, 3.05) is 12.3 Å². The minimum Gasteiger partial charge on any atom is -0.394 e. The number of aromatic nitrogens is 2. The SMILES string of the molecule is C[C@]1(F)[C@@H](c2c[nH]c(=O)nc2N)O[C@@H](CO)[C@@]1(C)O. The van der Waals surface area contributed by atoms with Crippen molar-refractivity contribution in [1.29, 1.82) is 0 Å². The smallest absolute Gasteiger partial charge is 0.346 e. The van der Waals surface area contributed by atoms with Crippen LogP contribution in [0.4, 0.5) is 10.2 Å². The van der Waals surface area contributed by atoms with Gasteiger partial charge in [-0.2, -0.15) is 4.98 Å². The molecule has 0 spiro atoms. The van der Waals surface area contributed by atoms with Gasteiger partial charge in [-0.15, -0.1) is 0 Å². The molecule has 106 valence electrons. The summed E-state index contributed by atoms with van der Waals surface area (Å²) in [5.41, 5.74) is 0.946. The van der Waals surface area contributed by atoms with Crippen LogP contribution in [0.3, 0.4) is 0 Å². The molecule has 1 saturated heterocycles. The first-order valence-electron chi connectivity index (χ1n) is 5.74. The zero-order valence-corrected chi connectivity index (χ0v) is 10.6. The quantitative estimate of drug-likeness (QED) is 0.563. The first-order valence-corrected chi connectivity index (χ1v) is 5.74. The van der Waals surface area contributed by atoms with Gasteiger partial charge in [0.25, 0.3) is 0 Å². The summed E-state index contributed by atoms with van der Waals surface area (Å²) in [7, 11) is 0. The summed E-state index contributed by atoms with van der Waals surface area (Å²) in [5, 5.41) is 19.3. The van der Waals surface area contributed by atoms with Gasteiger partial charge in [0.05, 0.1) is 6.61 Å². The van der Waals surface area contributed by atoms with Gasteiger partial charge in [-0.25, -0.2) is 9.18 Å². The second-order valence-corrected chi connectivity index (χ2v) is 4.96. The number of alkyl halides is 1. The van der Waals surface area contributed by atoms with Gasteiger partial charge in [0.15, 0.2) is 5.67 Å². The molecule has 0 unspecified atom stereocenters. The van der Waals surface area contributed by atoms with E-state index in [1.54, 1.807) is 0 Å². The van der Waals surface area contributed by atoms with E-state index in [9.17, 15) is 14.3 Å². The maximum absolute atomic E-state index is 14.8. The Bertz CT molecular complexity index is 543. The summed E-state index contributed by atoms with van der Waals surface area (Å²) in [6.07, 6.45) is -1.13. The fourth-order valence-corrected chi connectivity index (χ4v) is 2.22. The molecule has 0 saturated carbocycles. The van der Waals surface area contributed by atoms with Gasteiger partial charge >= 0.3 is 5.69 Å². The Balaban J connectivity index is 2.49. The topological polar surface area (TPSA) is 121 Å². The molecule has 0 aromatic carbocycles. The van der Waals surface area contributed by atoms with Crippen LogP contribution in [0.2, 0.25) is 0 Å². The van der Waals surface area contributed by atoms with Gasteiger partial charge in [0.1, 0.15) is 23.6 Å². The van der Waals surface area contributed by atoms with Gasteiger partial charge in [-0.1, -0.05) is 0 Å². The Morgan fingerprint density at radius 2 is 2.26 bits per heavy atom. The molecule has 1 aromatic rings. The summed E-state index contributed by atoms with van der Waals surface area (Å²) >= 11 is 0. The third-order valence-corrected chi connectivity index (χ3v) is 3.73. The average molecular weight is 273 g/mol. The Morgan fingerprint density at radius 1 is 1.63 bits per heavy atom. The molecule has 2 rings (SSSR count). The van der Waals surface area contributed by atoms with E-state index >= 15 is 0 Å². The van der Waals surface area contributed by atoms with Crippen molar-refractivity contribution in [1.82, 2.24) is 9.97 Å². The van der Waals surface area contributed by atoms with Crippen LogP contribution >= 0.6 is 0 Å². The lowest BCUT2D eigenvalue weighted by Crippen LogP contribution is -2.51. The number of aromatic amines is 1. The van der Waals surface area contributed by atoms with Crippen molar-refractivity contribution in [2.45, 2.75) is 37.3 Å². The fourth-order valence-electron chi connectivity index (χ4n) is 2.22. The molecule has 0 aliphatic carbocycles. The average Bonchev–Trinajstić information content (AvgIpc) is 2.47. The summed E-state index contributed by atoms with van der Waals surface area (Å²) in [6, 6.07) is 0. The third-order valence-electron chi connectivity index (χ3n) is 3.73. The Kier molecular flexibility index (Phi) is 3.12. The number of aliphatic hydroxyl groups is 2. The second-order valence-electron chi connectivity index (χ2n) is 4.96. The van der Waals surface area contributed by atoms with E-state index in [-0.39, 0.29) is 11.4 Å². The minimum absolute atomic E-state index is 0.126. The molecule has 2 heterocycles. The van der Waals surface area contributed by atoms with Crippen molar-refractivity contribution >= 4 is 5.82 Å². The molecule has 0 radical (unpaired) electrons. The number of nitrogens with one attached hydrogen (secondary N) is 1. The highest BCUT2D eigenvalue weighted by atomic mass is 19.1. The van der Waals surface area contributed by atoms with Crippen LogP contribution < -0.4 is 11.4 Å². The van der Waals surface area contributed by atoms with Crippen LogP contribution in [-0.2, 0) is 4.74 Å². The fraction of sp³-hybridized carbons (Fsp3) is 0.636. The first kappa shape index (κ1) is 13.9. The first-order chi connectivity index (χ1) is 8.71. The van der Waals surface area contributed by atoms with Gasteiger partial charge in [0, 0.05) is 11.8 Å². The summed E-state index contributed by atoms with van der Waals surface area (Å²) in [5.74, 6) is -0.174. The highest BCUT2D eigenvalue weighted by molar-refractivity contribution is 5.41. The van der Waals surface area contributed by atoms with E-state index < -0.39 is 35.8 Å². The number of hydrogen-bond donors (Lipinski definition) is 4. The van der Waals surface area contributed by atoms with E-state index in [2.05, 4.69) is 9.97 Å². The van der Waals surface area contributed by atoms with Crippen LogP contribution in [0.1, 0.15) is 25.5 Å². The maximum Gasteiger partial charge on any atom is 0.346 e. The number of aliphatic hydroxyl groups excluding tert-OH is 1. The number of anilines is 1. The molecule has 8 heteroatoms.